The molecule has 1 saturated heterocycles. The standard InChI is InChI=1S/C12H23NO/c1-9(2)11(14)10-8-12(3,4)6-7-13(10)5/h9-10H,6-8H2,1-5H3. The first-order chi connectivity index (χ1) is 6.33. The SMILES string of the molecule is CC(C)C(=O)C1CC(C)(C)CCN1C. The Morgan fingerprint density at radius 2 is 2.00 bits per heavy atom. The van der Waals surface area contributed by atoms with Gasteiger partial charge in [0.25, 0.3) is 0 Å². The van der Waals surface area contributed by atoms with E-state index in [2.05, 4.69) is 25.8 Å². The van der Waals surface area contributed by atoms with Gasteiger partial charge in [-0.25, -0.2) is 0 Å². The Labute approximate surface area is 87.7 Å². The molecule has 1 unspecified atom stereocenters. The number of hydrogen-bond donors (Lipinski definition) is 0. The predicted octanol–water partition coefficient (Wildman–Crippen LogP) is 2.33. The minimum Gasteiger partial charge on any atom is -0.298 e. The van der Waals surface area contributed by atoms with E-state index in [1.807, 2.05) is 13.8 Å². The highest BCUT2D eigenvalue weighted by atomic mass is 16.1. The first-order valence-electron chi connectivity index (χ1n) is 5.57. The quantitative estimate of drug-likeness (QED) is 0.677. The van der Waals surface area contributed by atoms with Gasteiger partial charge in [0, 0.05) is 5.92 Å². The van der Waals surface area contributed by atoms with Crippen LogP contribution in [-0.4, -0.2) is 30.3 Å². The van der Waals surface area contributed by atoms with E-state index in [0.717, 1.165) is 13.0 Å². The van der Waals surface area contributed by atoms with Crippen molar-refractivity contribution in [3.05, 3.63) is 0 Å². The number of likely N-dealkylation sites (N-methyl/N-ethyl adjacent to an activating group) is 1. The molecule has 0 bridgehead atoms. The molecule has 2 heteroatoms. The highest BCUT2D eigenvalue weighted by Gasteiger charge is 2.35. The van der Waals surface area contributed by atoms with Crippen LogP contribution in [0.5, 0.6) is 0 Å². The molecule has 1 atom stereocenters. The van der Waals surface area contributed by atoms with E-state index in [1.54, 1.807) is 0 Å². The zero-order chi connectivity index (χ0) is 10.9. The molecule has 1 fully saturated rings. The highest BCUT2D eigenvalue weighted by molar-refractivity contribution is 5.85. The van der Waals surface area contributed by atoms with Crippen molar-refractivity contribution in [3.8, 4) is 0 Å². The zero-order valence-electron chi connectivity index (χ0n) is 10.1. The molecular weight excluding hydrogens is 174 g/mol. The van der Waals surface area contributed by atoms with Gasteiger partial charge < -0.3 is 0 Å². The molecule has 0 N–H and O–H groups in total. The third kappa shape index (κ3) is 2.57. The van der Waals surface area contributed by atoms with Gasteiger partial charge in [0.15, 0.2) is 5.78 Å². The predicted molar refractivity (Wildman–Crippen MR) is 59.3 cm³/mol. The highest BCUT2D eigenvalue weighted by Crippen LogP contribution is 2.34. The summed E-state index contributed by atoms with van der Waals surface area (Å²) in [7, 11) is 2.07. The van der Waals surface area contributed by atoms with E-state index in [9.17, 15) is 4.79 Å². The first-order valence-corrected chi connectivity index (χ1v) is 5.57. The van der Waals surface area contributed by atoms with E-state index in [4.69, 9.17) is 0 Å². The summed E-state index contributed by atoms with van der Waals surface area (Å²) in [5, 5.41) is 0. The molecule has 2 nitrogen and oxygen atoms in total. The summed E-state index contributed by atoms with van der Waals surface area (Å²) in [6, 6.07) is 0.152. The van der Waals surface area contributed by atoms with Gasteiger partial charge in [0.1, 0.15) is 0 Å². The van der Waals surface area contributed by atoms with Gasteiger partial charge in [0.2, 0.25) is 0 Å². The Morgan fingerprint density at radius 1 is 1.43 bits per heavy atom. The molecule has 0 aromatic rings. The number of nitrogens with zero attached hydrogens (tertiary/aromatic N) is 1. The maximum atomic E-state index is 12.0. The lowest BCUT2D eigenvalue weighted by atomic mass is 9.76. The summed E-state index contributed by atoms with van der Waals surface area (Å²) in [5.41, 5.74) is 0.335. The van der Waals surface area contributed by atoms with Gasteiger partial charge in [-0.2, -0.15) is 0 Å². The Kier molecular flexibility index (Phi) is 3.36. The lowest BCUT2D eigenvalue weighted by Gasteiger charge is -2.41. The van der Waals surface area contributed by atoms with Crippen molar-refractivity contribution in [2.75, 3.05) is 13.6 Å². The Bertz CT molecular complexity index is 220. The molecule has 1 heterocycles. The number of hydrogen-bond acceptors (Lipinski definition) is 2. The average Bonchev–Trinajstić information content (AvgIpc) is 2.08. The van der Waals surface area contributed by atoms with E-state index in [-0.39, 0.29) is 12.0 Å². The summed E-state index contributed by atoms with van der Waals surface area (Å²) >= 11 is 0. The summed E-state index contributed by atoms with van der Waals surface area (Å²) in [6.07, 6.45) is 2.21. The third-order valence-electron chi connectivity index (χ3n) is 3.32. The van der Waals surface area contributed by atoms with Gasteiger partial charge in [-0.15, -0.1) is 0 Å². The minimum absolute atomic E-state index is 0.152. The number of carbonyl (C=O) groups is 1. The van der Waals surface area contributed by atoms with E-state index in [0.29, 0.717) is 11.2 Å². The Morgan fingerprint density at radius 3 is 2.50 bits per heavy atom. The molecule has 0 radical (unpaired) electrons. The fourth-order valence-electron chi connectivity index (χ4n) is 2.12. The van der Waals surface area contributed by atoms with Crippen LogP contribution in [-0.2, 0) is 4.79 Å². The second-order valence-corrected chi connectivity index (χ2v) is 5.67. The van der Waals surface area contributed by atoms with Gasteiger partial charge in [-0.05, 0) is 31.8 Å². The van der Waals surface area contributed by atoms with Crippen LogP contribution in [0.1, 0.15) is 40.5 Å². The smallest absolute Gasteiger partial charge is 0.152 e. The van der Waals surface area contributed by atoms with Crippen LogP contribution in [0.25, 0.3) is 0 Å². The van der Waals surface area contributed by atoms with Gasteiger partial charge >= 0.3 is 0 Å². The van der Waals surface area contributed by atoms with Crippen molar-refractivity contribution in [1.29, 1.82) is 0 Å². The van der Waals surface area contributed by atoms with Crippen molar-refractivity contribution in [2.45, 2.75) is 46.6 Å². The minimum atomic E-state index is 0.152. The Hall–Kier alpha value is -0.370. The summed E-state index contributed by atoms with van der Waals surface area (Å²) in [6.45, 7) is 9.58. The van der Waals surface area contributed by atoms with Crippen molar-refractivity contribution >= 4 is 5.78 Å². The van der Waals surface area contributed by atoms with Crippen molar-refractivity contribution in [2.24, 2.45) is 11.3 Å². The van der Waals surface area contributed by atoms with E-state index >= 15 is 0 Å². The molecule has 14 heavy (non-hydrogen) atoms. The monoisotopic (exact) mass is 197 g/mol. The number of piperidine rings is 1. The lowest BCUT2D eigenvalue weighted by Crippen LogP contribution is -2.48. The number of carbonyl (C=O) groups excluding carboxylic acids is 1. The molecule has 0 spiro atoms. The maximum absolute atomic E-state index is 12.0. The second-order valence-electron chi connectivity index (χ2n) is 5.67. The number of ketones is 1. The molecule has 0 aliphatic carbocycles. The van der Waals surface area contributed by atoms with Gasteiger partial charge in [-0.1, -0.05) is 27.7 Å². The van der Waals surface area contributed by atoms with Crippen LogP contribution in [0.4, 0.5) is 0 Å². The fraction of sp³-hybridized carbons (Fsp3) is 0.917. The van der Waals surface area contributed by atoms with Crippen molar-refractivity contribution in [1.82, 2.24) is 4.90 Å². The van der Waals surface area contributed by atoms with Crippen LogP contribution in [0, 0.1) is 11.3 Å². The summed E-state index contributed by atoms with van der Waals surface area (Å²) < 4.78 is 0. The molecule has 0 amide bonds. The topological polar surface area (TPSA) is 20.3 Å². The molecule has 1 aliphatic rings. The van der Waals surface area contributed by atoms with Crippen molar-refractivity contribution in [3.63, 3.8) is 0 Å². The molecule has 82 valence electrons. The maximum Gasteiger partial charge on any atom is 0.152 e. The lowest BCUT2D eigenvalue weighted by molar-refractivity contribution is -0.129. The van der Waals surface area contributed by atoms with Crippen LogP contribution in [0.3, 0.4) is 0 Å². The normalized spacial score (nSPS) is 28.0. The van der Waals surface area contributed by atoms with Crippen LogP contribution >= 0.6 is 0 Å². The molecular formula is C12H23NO. The Balaban J connectivity index is 2.71. The third-order valence-corrected chi connectivity index (χ3v) is 3.32. The second kappa shape index (κ2) is 4.01. The fourth-order valence-corrected chi connectivity index (χ4v) is 2.12. The molecule has 0 aromatic carbocycles. The first kappa shape index (κ1) is 11.7. The summed E-state index contributed by atoms with van der Waals surface area (Å²) in [5.74, 6) is 0.566. The molecule has 0 saturated carbocycles. The van der Waals surface area contributed by atoms with Crippen LogP contribution in [0.15, 0.2) is 0 Å². The van der Waals surface area contributed by atoms with Crippen LogP contribution < -0.4 is 0 Å². The number of likely N-dealkylation sites (tertiary alicyclic amines) is 1. The number of Topliss-reactive ketones (excluding diaryl/α,β-unsaturated/α-hetero) is 1. The van der Waals surface area contributed by atoms with E-state index in [1.165, 1.54) is 6.42 Å². The van der Waals surface area contributed by atoms with Gasteiger partial charge in [-0.3, -0.25) is 9.69 Å². The summed E-state index contributed by atoms with van der Waals surface area (Å²) in [4.78, 5) is 14.2. The molecule has 1 aliphatic heterocycles. The van der Waals surface area contributed by atoms with Gasteiger partial charge in [0.05, 0.1) is 6.04 Å². The zero-order valence-corrected chi connectivity index (χ0v) is 10.1. The number of rotatable bonds is 2. The molecule has 0 aromatic heterocycles. The molecule has 1 rings (SSSR count). The average molecular weight is 197 g/mol. The largest absolute Gasteiger partial charge is 0.298 e. The van der Waals surface area contributed by atoms with E-state index < -0.39 is 0 Å². The van der Waals surface area contributed by atoms with Crippen molar-refractivity contribution < 1.29 is 4.79 Å². The van der Waals surface area contributed by atoms with Crippen LogP contribution in [0.2, 0.25) is 0 Å².